The van der Waals surface area contributed by atoms with Crippen molar-refractivity contribution >= 4 is 34.0 Å². The number of nitrogens with zero attached hydrogens (tertiary/aromatic N) is 3. The number of benzene rings is 2. The summed E-state index contributed by atoms with van der Waals surface area (Å²) in [7, 11) is 0. The van der Waals surface area contributed by atoms with Crippen molar-refractivity contribution in [3.63, 3.8) is 0 Å². The van der Waals surface area contributed by atoms with Gasteiger partial charge in [0.05, 0.1) is 17.1 Å². The molecule has 2 aromatic carbocycles. The third kappa shape index (κ3) is 2.97. The molecule has 28 heavy (non-hydrogen) atoms. The monoisotopic (exact) mass is 374 g/mol. The summed E-state index contributed by atoms with van der Waals surface area (Å²) >= 11 is 0. The maximum absolute atomic E-state index is 12.9. The molecule has 2 heterocycles. The Bertz CT molecular complexity index is 1180. The number of hydrogen-bond acceptors (Lipinski definition) is 5. The number of carbonyl (C=O) groups is 1. The van der Waals surface area contributed by atoms with Gasteiger partial charge in [-0.25, -0.2) is 14.8 Å². The summed E-state index contributed by atoms with van der Waals surface area (Å²) in [6.45, 7) is 5.83. The molecule has 0 fully saturated rings. The van der Waals surface area contributed by atoms with Gasteiger partial charge < -0.3 is 10.5 Å². The molecule has 0 radical (unpaired) electrons. The van der Waals surface area contributed by atoms with Crippen molar-refractivity contribution in [2.24, 2.45) is 0 Å². The van der Waals surface area contributed by atoms with Gasteiger partial charge in [-0.3, -0.25) is 4.57 Å². The Morgan fingerprint density at radius 2 is 1.75 bits per heavy atom. The van der Waals surface area contributed by atoms with Gasteiger partial charge in [-0.05, 0) is 44.5 Å². The third-order valence-corrected chi connectivity index (χ3v) is 4.88. The maximum Gasteiger partial charge on any atom is 0.344 e. The van der Waals surface area contributed by atoms with E-state index >= 15 is 0 Å². The fourth-order valence-corrected chi connectivity index (χ4v) is 3.14. The molecule has 1 atom stereocenters. The Morgan fingerprint density at radius 1 is 1.11 bits per heavy atom. The number of hydrogen-bond donors (Lipinski definition) is 1. The number of anilines is 1. The zero-order valence-electron chi connectivity index (χ0n) is 16.1. The van der Waals surface area contributed by atoms with Crippen LogP contribution < -0.4 is 5.73 Å². The van der Waals surface area contributed by atoms with E-state index in [1.54, 1.807) is 4.57 Å². The van der Waals surface area contributed by atoms with Gasteiger partial charge in [0.2, 0.25) is 0 Å². The Labute approximate surface area is 163 Å². The van der Waals surface area contributed by atoms with Gasteiger partial charge in [0.1, 0.15) is 16.9 Å². The van der Waals surface area contributed by atoms with Gasteiger partial charge in [0, 0.05) is 5.69 Å². The van der Waals surface area contributed by atoms with Crippen molar-refractivity contribution in [1.82, 2.24) is 14.5 Å². The smallest absolute Gasteiger partial charge is 0.344 e. The lowest BCUT2D eigenvalue weighted by molar-refractivity contribution is 0.0338. The van der Waals surface area contributed by atoms with Crippen LogP contribution in [0.5, 0.6) is 0 Å². The molecule has 142 valence electrons. The topological polar surface area (TPSA) is 83.0 Å². The fourth-order valence-electron chi connectivity index (χ4n) is 3.14. The number of esters is 1. The normalized spacial score (nSPS) is 12.4. The van der Waals surface area contributed by atoms with Crippen LogP contribution in [0.3, 0.4) is 0 Å². The summed E-state index contributed by atoms with van der Waals surface area (Å²) in [6.07, 6.45) is 0.509. The van der Waals surface area contributed by atoms with Crippen LogP contribution in [0.1, 0.15) is 36.2 Å². The minimum absolute atomic E-state index is 0.210. The highest BCUT2D eigenvalue weighted by Crippen LogP contribution is 2.31. The molecule has 2 N–H and O–H groups in total. The molecular weight excluding hydrogens is 352 g/mol. The van der Waals surface area contributed by atoms with Crippen LogP contribution in [0.15, 0.2) is 48.5 Å². The number of aryl methyl sites for hydroxylation is 1. The van der Waals surface area contributed by atoms with Crippen LogP contribution in [0.2, 0.25) is 0 Å². The molecule has 0 saturated carbocycles. The first-order valence-corrected chi connectivity index (χ1v) is 9.34. The van der Waals surface area contributed by atoms with Gasteiger partial charge >= 0.3 is 5.97 Å². The molecule has 4 rings (SSSR count). The number of nitrogen functional groups attached to an aromatic ring is 1. The molecule has 2 aromatic heterocycles. The molecular formula is C22H22N4O2. The summed E-state index contributed by atoms with van der Waals surface area (Å²) in [5.41, 5.74) is 11.1. The first-order valence-electron chi connectivity index (χ1n) is 9.34. The van der Waals surface area contributed by atoms with E-state index in [4.69, 9.17) is 20.4 Å². The minimum atomic E-state index is -0.479. The molecule has 0 saturated heterocycles. The lowest BCUT2D eigenvalue weighted by atomic mass is 10.2. The summed E-state index contributed by atoms with van der Waals surface area (Å²) in [4.78, 5) is 22.3. The van der Waals surface area contributed by atoms with E-state index in [1.165, 1.54) is 0 Å². The highest BCUT2D eigenvalue weighted by molar-refractivity contribution is 6.09. The van der Waals surface area contributed by atoms with E-state index in [1.807, 2.05) is 69.3 Å². The molecule has 0 aliphatic heterocycles. The number of carbonyl (C=O) groups excluding carboxylic acids is 1. The second-order valence-electron chi connectivity index (χ2n) is 6.94. The summed E-state index contributed by atoms with van der Waals surface area (Å²) < 4.78 is 7.32. The number of rotatable bonds is 4. The summed E-state index contributed by atoms with van der Waals surface area (Å²) in [5.74, 6) is -0.199. The van der Waals surface area contributed by atoms with Crippen molar-refractivity contribution in [2.45, 2.75) is 33.3 Å². The van der Waals surface area contributed by atoms with Crippen molar-refractivity contribution in [3.05, 3.63) is 59.7 Å². The van der Waals surface area contributed by atoms with Crippen LogP contribution in [-0.2, 0) is 4.74 Å². The second kappa shape index (κ2) is 6.96. The Hall–Kier alpha value is -3.41. The molecule has 0 unspecified atom stereocenters. The second-order valence-corrected chi connectivity index (χ2v) is 6.94. The van der Waals surface area contributed by atoms with E-state index < -0.39 is 5.97 Å². The van der Waals surface area contributed by atoms with E-state index in [9.17, 15) is 4.79 Å². The Kier molecular flexibility index (Phi) is 4.47. The molecule has 0 amide bonds. The minimum Gasteiger partial charge on any atom is -0.459 e. The molecule has 4 aromatic rings. The summed E-state index contributed by atoms with van der Waals surface area (Å²) in [5, 5.41) is 0. The predicted octanol–water partition coefficient (Wildman–Crippen LogP) is 4.42. The van der Waals surface area contributed by atoms with Gasteiger partial charge in [-0.2, -0.15) is 0 Å². The van der Waals surface area contributed by atoms with Crippen molar-refractivity contribution in [3.8, 4) is 5.69 Å². The predicted molar refractivity (Wildman–Crippen MR) is 111 cm³/mol. The molecule has 0 aliphatic carbocycles. The average molecular weight is 374 g/mol. The van der Waals surface area contributed by atoms with Crippen LogP contribution in [0, 0.1) is 6.92 Å². The number of aromatic nitrogens is 3. The van der Waals surface area contributed by atoms with Gasteiger partial charge in [-0.1, -0.05) is 36.8 Å². The highest BCUT2D eigenvalue weighted by atomic mass is 16.5. The van der Waals surface area contributed by atoms with E-state index in [2.05, 4.69) is 0 Å². The lowest BCUT2D eigenvalue weighted by Gasteiger charge is -2.11. The number of nitrogens with two attached hydrogens (primary N) is 1. The van der Waals surface area contributed by atoms with E-state index in [0.717, 1.165) is 23.2 Å². The van der Waals surface area contributed by atoms with Crippen LogP contribution in [0.25, 0.3) is 27.9 Å². The van der Waals surface area contributed by atoms with Gasteiger partial charge in [-0.15, -0.1) is 0 Å². The molecule has 0 spiro atoms. The third-order valence-electron chi connectivity index (χ3n) is 4.88. The SMILES string of the molecule is CC[C@H](C)OC(=O)c1c(N)n(-c2ccc(C)cc2)c2nc3ccccc3nc12. The highest BCUT2D eigenvalue weighted by Gasteiger charge is 2.26. The van der Waals surface area contributed by atoms with Gasteiger partial charge in [0.25, 0.3) is 0 Å². The average Bonchev–Trinajstić information content (AvgIpc) is 2.97. The van der Waals surface area contributed by atoms with Crippen molar-refractivity contribution in [2.75, 3.05) is 5.73 Å². The molecule has 0 bridgehead atoms. The quantitative estimate of drug-likeness (QED) is 0.535. The van der Waals surface area contributed by atoms with Crippen molar-refractivity contribution < 1.29 is 9.53 Å². The van der Waals surface area contributed by atoms with Gasteiger partial charge in [0.15, 0.2) is 5.65 Å². The Morgan fingerprint density at radius 3 is 2.39 bits per heavy atom. The van der Waals surface area contributed by atoms with Crippen LogP contribution >= 0.6 is 0 Å². The zero-order valence-corrected chi connectivity index (χ0v) is 16.1. The Balaban J connectivity index is 2.02. The molecule has 6 nitrogen and oxygen atoms in total. The van der Waals surface area contributed by atoms with Crippen molar-refractivity contribution in [1.29, 1.82) is 0 Å². The number of para-hydroxylation sites is 2. The zero-order chi connectivity index (χ0) is 19.8. The largest absolute Gasteiger partial charge is 0.459 e. The van der Waals surface area contributed by atoms with Crippen LogP contribution in [-0.4, -0.2) is 26.6 Å². The first-order chi connectivity index (χ1) is 13.5. The first kappa shape index (κ1) is 18.0. The lowest BCUT2D eigenvalue weighted by Crippen LogP contribution is -2.15. The van der Waals surface area contributed by atoms with E-state index in [0.29, 0.717) is 16.7 Å². The standard InChI is InChI=1S/C22H22N4O2/c1-4-14(3)28-22(27)18-19-21(25-17-8-6-5-7-16(17)24-19)26(20(18)23)15-11-9-13(2)10-12-15/h5-12,14H,4,23H2,1-3H3/t14-/m0/s1. The summed E-state index contributed by atoms with van der Waals surface area (Å²) in [6, 6.07) is 15.4. The fraction of sp³-hybridized carbons (Fsp3) is 0.227. The van der Waals surface area contributed by atoms with E-state index in [-0.39, 0.29) is 17.5 Å². The maximum atomic E-state index is 12.9. The van der Waals surface area contributed by atoms with Crippen LogP contribution in [0.4, 0.5) is 5.82 Å². The number of fused-ring (bicyclic) bond motifs is 2. The molecule has 6 heteroatoms. The number of ether oxygens (including phenoxy) is 1. The molecule has 0 aliphatic rings.